The molecule has 0 saturated heterocycles. The lowest BCUT2D eigenvalue weighted by atomic mass is 10.00. The lowest BCUT2D eigenvalue weighted by Gasteiger charge is -2.11. The third kappa shape index (κ3) is 3.46. The van der Waals surface area contributed by atoms with E-state index in [0.29, 0.717) is 34.2 Å². The fourth-order valence-corrected chi connectivity index (χ4v) is 3.18. The van der Waals surface area contributed by atoms with Gasteiger partial charge in [-0.25, -0.2) is 0 Å². The van der Waals surface area contributed by atoms with Crippen molar-refractivity contribution in [3.05, 3.63) is 65.7 Å². The van der Waals surface area contributed by atoms with Crippen LogP contribution < -0.4 is 4.74 Å². The number of nitrogens with zero attached hydrogens (tertiary/aromatic N) is 3. The van der Waals surface area contributed by atoms with Crippen molar-refractivity contribution in [1.29, 1.82) is 5.26 Å². The van der Waals surface area contributed by atoms with Crippen LogP contribution in [-0.2, 0) is 0 Å². The molecule has 6 nitrogen and oxygen atoms in total. The maximum Gasteiger partial charge on any atom is 0.258 e. The highest BCUT2D eigenvalue weighted by molar-refractivity contribution is 6.04. The molecule has 0 fully saturated rings. The van der Waals surface area contributed by atoms with Crippen molar-refractivity contribution < 1.29 is 14.1 Å². The number of carbonyl (C=O) groups excluding carboxylic acids is 1. The molecule has 0 aliphatic rings. The first kappa shape index (κ1) is 18.4. The molecule has 0 amide bonds. The summed E-state index contributed by atoms with van der Waals surface area (Å²) in [6, 6.07) is 18.4. The zero-order valence-corrected chi connectivity index (χ0v) is 15.9. The number of hydrogen-bond donors (Lipinski definition) is 0. The number of ether oxygens (including phenoxy) is 1. The summed E-state index contributed by atoms with van der Waals surface area (Å²) in [6.45, 7) is 3.80. The van der Waals surface area contributed by atoms with Crippen molar-refractivity contribution in [3.63, 3.8) is 0 Å². The Morgan fingerprint density at radius 1 is 1.10 bits per heavy atom. The summed E-state index contributed by atoms with van der Waals surface area (Å²) in [7, 11) is 0. The van der Waals surface area contributed by atoms with E-state index in [1.165, 1.54) is 0 Å². The van der Waals surface area contributed by atoms with E-state index >= 15 is 0 Å². The Morgan fingerprint density at radius 3 is 2.62 bits per heavy atom. The Labute approximate surface area is 167 Å². The molecule has 4 rings (SSSR count). The maximum atomic E-state index is 11.3. The van der Waals surface area contributed by atoms with Crippen LogP contribution in [0.5, 0.6) is 5.75 Å². The number of hydrogen-bond acceptors (Lipinski definition) is 6. The van der Waals surface area contributed by atoms with Gasteiger partial charge in [-0.05, 0) is 48.9 Å². The fraction of sp³-hybridized carbons (Fsp3) is 0.130. The van der Waals surface area contributed by atoms with Crippen LogP contribution >= 0.6 is 0 Å². The molecule has 3 aromatic carbocycles. The summed E-state index contributed by atoms with van der Waals surface area (Å²) in [5, 5.41) is 15.2. The van der Waals surface area contributed by atoms with Gasteiger partial charge in [-0.2, -0.15) is 10.2 Å². The van der Waals surface area contributed by atoms with E-state index in [9.17, 15) is 10.1 Å². The lowest BCUT2D eigenvalue weighted by molar-refractivity contribution is 0.112. The Morgan fingerprint density at radius 2 is 1.90 bits per heavy atom. The summed E-state index contributed by atoms with van der Waals surface area (Å²) < 4.78 is 11.1. The van der Waals surface area contributed by atoms with Gasteiger partial charge < -0.3 is 9.26 Å². The number of aldehydes is 1. The van der Waals surface area contributed by atoms with Crippen LogP contribution in [0.1, 0.15) is 29.8 Å². The van der Waals surface area contributed by atoms with Crippen LogP contribution in [-0.4, -0.2) is 22.5 Å². The van der Waals surface area contributed by atoms with Gasteiger partial charge in [0.1, 0.15) is 11.8 Å². The van der Waals surface area contributed by atoms with Crippen LogP contribution in [0.25, 0.3) is 33.6 Å². The third-order valence-electron chi connectivity index (χ3n) is 4.46. The van der Waals surface area contributed by atoms with Gasteiger partial charge in [0.05, 0.1) is 11.7 Å². The molecule has 0 aliphatic carbocycles. The molecule has 1 heterocycles. The average molecular weight is 383 g/mol. The largest absolute Gasteiger partial charge is 0.490 e. The van der Waals surface area contributed by atoms with E-state index in [1.54, 1.807) is 30.3 Å². The maximum absolute atomic E-state index is 11.3. The predicted octanol–water partition coefficient (Wildman–Crippen LogP) is 5.03. The molecule has 1 aromatic heterocycles. The molecule has 29 heavy (non-hydrogen) atoms. The van der Waals surface area contributed by atoms with Crippen LogP contribution in [0, 0.1) is 11.3 Å². The lowest BCUT2D eigenvalue weighted by Crippen LogP contribution is -2.06. The first-order valence-corrected chi connectivity index (χ1v) is 9.13. The molecule has 0 bridgehead atoms. The number of rotatable bonds is 5. The van der Waals surface area contributed by atoms with E-state index in [4.69, 9.17) is 9.26 Å². The minimum absolute atomic E-state index is 0.0365. The molecule has 0 radical (unpaired) electrons. The van der Waals surface area contributed by atoms with Gasteiger partial charge in [0.15, 0.2) is 6.29 Å². The van der Waals surface area contributed by atoms with Crippen molar-refractivity contribution in [3.8, 4) is 34.7 Å². The summed E-state index contributed by atoms with van der Waals surface area (Å²) >= 11 is 0. The van der Waals surface area contributed by atoms with E-state index in [2.05, 4.69) is 16.2 Å². The van der Waals surface area contributed by atoms with Gasteiger partial charge in [-0.1, -0.05) is 35.5 Å². The van der Waals surface area contributed by atoms with Crippen molar-refractivity contribution in [2.24, 2.45) is 0 Å². The summed E-state index contributed by atoms with van der Waals surface area (Å²) in [5.41, 5.74) is 2.40. The van der Waals surface area contributed by atoms with Crippen molar-refractivity contribution in [2.75, 3.05) is 0 Å². The molecular weight excluding hydrogens is 366 g/mol. The fourth-order valence-electron chi connectivity index (χ4n) is 3.18. The predicted molar refractivity (Wildman–Crippen MR) is 109 cm³/mol. The van der Waals surface area contributed by atoms with Crippen molar-refractivity contribution >= 4 is 17.1 Å². The number of benzene rings is 3. The molecular formula is C23H17N3O3. The Hall–Kier alpha value is -3.98. The standard InChI is InChI=1S/C23H17N3O3/c1-14(2)28-21-10-8-15(11-17(21)12-24)23-25-22(26-29-23)20-9-7-16(13-27)18-5-3-4-6-19(18)20/h3-11,13-14H,1-2H3. The molecule has 0 N–H and O–H groups in total. The Kier molecular flexibility index (Phi) is 4.80. The summed E-state index contributed by atoms with van der Waals surface area (Å²) in [5.74, 6) is 1.23. The first-order valence-electron chi connectivity index (χ1n) is 9.13. The van der Waals surface area contributed by atoms with Gasteiger partial charge in [-0.3, -0.25) is 4.79 Å². The van der Waals surface area contributed by atoms with Crippen LogP contribution in [0.15, 0.2) is 59.1 Å². The highest BCUT2D eigenvalue weighted by Gasteiger charge is 2.16. The molecule has 6 heteroatoms. The minimum Gasteiger partial charge on any atom is -0.490 e. The third-order valence-corrected chi connectivity index (χ3v) is 4.46. The Balaban J connectivity index is 1.76. The summed E-state index contributed by atoms with van der Waals surface area (Å²) in [4.78, 5) is 15.8. The first-order chi connectivity index (χ1) is 14.1. The van der Waals surface area contributed by atoms with Crippen molar-refractivity contribution in [2.45, 2.75) is 20.0 Å². The second-order valence-electron chi connectivity index (χ2n) is 6.78. The van der Waals surface area contributed by atoms with Crippen LogP contribution in [0.3, 0.4) is 0 Å². The quantitative estimate of drug-likeness (QED) is 0.449. The van der Waals surface area contributed by atoms with Gasteiger partial charge in [0.2, 0.25) is 5.82 Å². The molecule has 0 unspecified atom stereocenters. The average Bonchev–Trinajstić information content (AvgIpc) is 3.22. The molecule has 4 aromatic rings. The topological polar surface area (TPSA) is 89.0 Å². The van der Waals surface area contributed by atoms with Crippen LogP contribution in [0.2, 0.25) is 0 Å². The van der Waals surface area contributed by atoms with E-state index in [1.807, 2.05) is 38.1 Å². The molecule has 0 spiro atoms. The zero-order chi connectivity index (χ0) is 20.4. The molecule has 0 atom stereocenters. The second-order valence-corrected chi connectivity index (χ2v) is 6.78. The smallest absolute Gasteiger partial charge is 0.258 e. The monoisotopic (exact) mass is 383 g/mol. The van der Waals surface area contributed by atoms with Gasteiger partial charge >= 0.3 is 0 Å². The highest BCUT2D eigenvalue weighted by Crippen LogP contribution is 2.31. The molecule has 142 valence electrons. The number of carbonyl (C=O) groups is 1. The normalized spacial score (nSPS) is 10.8. The van der Waals surface area contributed by atoms with Gasteiger partial charge in [0, 0.05) is 16.7 Å². The Bertz CT molecular complexity index is 1250. The van der Waals surface area contributed by atoms with E-state index in [0.717, 1.165) is 22.6 Å². The van der Waals surface area contributed by atoms with Gasteiger partial charge in [0.25, 0.3) is 5.89 Å². The molecule has 0 saturated carbocycles. The van der Waals surface area contributed by atoms with E-state index in [-0.39, 0.29) is 6.10 Å². The SMILES string of the molecule is CC(C)Oc1ccc(-c2nc(-c3ccc(C=O)c4ccccc34)no2)cc1C#N. The number of fused-ring (bicyclic) bond motifs is 1. The number of nitriles is 1. The molecule has 0 aliphatic heterocycles. The zero-order valence-electron chi connectivity index (χ0n) is 15.9. The minimum atomic E-state index is -0.0365. The van der Waals surface area contributed by atoms with Gasteiger partial charge in [-0.15, -0.1) is 0 Å². The van der Waals surface area contributed by atoms with Crippen LogP contribution in [0.4, 0.5) is 0 Å². The second kappa shape index (κ2) is 7.56. The summed E-state index contributed by atoms with van der Waals surface area (Å²) in [6.07, 6.45) is 0.795. The van der Waals surface area contributed by atoms with Crippen molar-refractivity contribution in [1.82, 2.24) is 10.1 Å². The highest BCUT2D eigenvalue weighted by atomic mass is 16.5. The number of aromatic nitrogens is 2. The van der Waals surface area contributed by atoms with E-state index < -0.39 is 0 Å².